The molecule has 1 aromatic rings. The van der Waals surface area contributed by atoms with Crippen molar-refractivity contribution in [3.8, 4) is 0 Å². The molecule has 0 atom stereocenters. The third kappa shape index (κ3) is 5.57. The van der Waals surface area contributed by atoms with Crippen LogP contribution < -0.4 is 0 Å². The lowest BCUT2D eigenvalue weighted by atomic mass is 10.5. The molecule has 1 nitrogen and oxygen atoms in total. The third-order valence-corrected chi connectivity index (χ3v) is 0.849. The van der Waals surface area contributed by atoms with Crippen molar-refractivity contribution in [3.05, 3.63) is 29.5 Å². The zero-order valence-electron chi connectivity index (χ0n) is 6.34. The highest BCUT2D eigenvalue weighted by Gasteiger charge is 1.76. The highest BCUT2D eigenvalue weighted by Crippen LogP contribution is 2.00. The maximum atomic E-state index is 5.48. The number of pyridine rings is 1. The van der Waals surface area contributed by atoms with Crippen LogP contribution in [0.15, 0.2) is 24.5 Å². The molecule has 0 aliphatic heterocycles. The molecule has 0 bridgehead atoms. The van der Waals surface area contributed by atoms with E-state index in [1.165, 1.54) is 6.42 Å². The molecule has 1 heterocycles. The second kappa shape index (κ2) is 6.56. The van der Waals surface area contributed by atoms with Crippen molar-refractivity contribution >= 4 is 11.6 Å². The fourth-order valence-corrected chi connectivity index (χ4v) is 0.471. The lowest BCUT2D eigenvalue weighted by Crippen LogP contribution is -1.64. The van der Waals surface area contributed by atoms with Crippen molar-refractivity contribution in [2.75, 3.05) is 0 Å². The fraction of sp³-hybridized carbons (Fsp3) is 0.375. The van der Waals surface area contributed by atoms with E-state index in [0.29, 0.717) is 5.02 Å². The molecule has 0 spiro atoms. The van der Waals surface area contributed by atoms with Crippen LogP contribution in [0.3, 0.4) is 0 Å². The average molecular weight is 158 g/mol. The van der Waals surface area contributed by atoms with Crippen molar-refractivity contribution in [3.63, 3.8) is 0 Å². The normalized spacial score (nSPS) is 7.90. The van der Waals surface area contributed by atoms with Crippen LogP contribution >= 0.6 is 11.6 Å². The second-order valence-corrected chi connectivity index (χ2v) is 2.31. The lowest BCUT2D eigenvalue weighted by molar-refractivity contribution is 1.09. The summed E-state index contributed by atoms with van der Waals surface area (Å²) in [5.74, 6) is 0. The summed E-state index contributed by atoms with van der Waals surface area (Å²) in [5.41, 5.74) is 0. The maximum Gasteiger partial charge on any atom is 0.0589 e. The molecule has 10 heavy (non-hydrogen) atoms. The van der Waals surface area contributed by atoms with Gasteiger partial charge in [-0.15, -0.1) is 0 Å². The Bertz CT molecular complexity index is 151. The van der Waals surface area contributed by atoms with E-state index in [2.05, 4.69) is 18.8 Å². The van der Waals surface area contributed by atoms with Crippen molar-refractivity contribution in [2.45, 2.75) is 20.3 Å². The molecule has 1 rings (SSSR count). The van der Waals surface area contributed by atoms with Gasteiger partial charge in [0.2, 0.25) is 0 Å². The summed E-state index contributed by atoms with van der Waals surface area (Å²) in [7, 11) is 0. The Labute approximate surface area is 67.1 Å². The Morgan fingerprint density at radius 2 is 2.10 bits per heavy atom. The molecule has 0 saturated carbocycles. The quantitative estimate of drug-likeness (QED) is 0.564. The highest BCUT2D eigenvalue weighted by molar-refractivity contribution is 6.30. The standard InChI is InChI=1S/C5H4ClN.C3H8/c6-5-2-1-3-7-4-5;1-3-2/h1-4H;3H2,1-2H3. The third-order valence-electron chi connectivity index (χ3n) is 0.625. The molecule has 0 aliphatic rings. The van der Waals surface area contributed by atoms with Gasteiger partial charge in [0.05, 0.1) is 5.02 Å². The van der Waals surface area contributed by atoms with E-state index >= 15 is 0 Å². The largest absolute Gasteiger partial charge is 0.263 e. The number of halogens is 1. The summed E-state index contributed by atoms with van der Waals surface area (Å²) >= 11 is 5.48. The smallest absolute Gasteiger partial charge is 0.0589 e. The van der Waals surface area contributed by atoms with Crippen LogP contribution in [0, 0.1) is 0 Å². The van der Waals surface area contributed by atoms with Gasteiger partial charge < -0.3 is 0 Å². The van der Waals surface area contributed by atoms with Gasteiger partial charge in [-0.1, -0.05) is 31.9 Å². The minimum atomic E-state index is 0.683. The summed E-state index contributed by atoms with van der Waals surface area (Å²) in [6, 6.07) is 3.58. The number of hydrogen-bond donors (Lipinski definition) is 0. The summed E-state index contributed by atoms with van der Waals surface area (Å²) in [6.45, 7) is 4.25. The number of rotatable bonds is 0. The molecule has 0 N–H and O–H groups in total. The lowest BCUT2D eigenvalue weighted by Gasteiger charge is -1.79. The first-order valence-electron chi connectivity index (χ1n) is 3.36. The van der Waals surface area contributed by atoms with Crippen molar-refractivity contribution < 1.29 is 0 Å². The van der Waals surface area contributed by atoms with Crippen LogP contribution in [0.1, 0.15) is 20.3 Å². The van der Waals surface area contributed by atoms with E-state index < -0.39 is 0 Å². The SMILES string of the molecule is CCC.Clc1cccnc1. The Kier molecular flexibility index (Phi) is 6.19. The Hall–Kier alpha value is -0.560. The molecule has 56 valence electrons. The Morgan fingerprint density at radius 3 is 2.30 bits per heavy atom. The predicted octanol–water partition coefficient (Wildman–Crippen LogP) is 3.15. The van der Waals surface area contributed by atoms with Crippen LogP contribution in [-0.4, -0.2) is 4.98 Å². The molecule has 1 aromatic heterocycles. The molecular weight excluding hydrogens is 146 g/mol. The van der Waals surface area contributed by atoms with Crippen LogP contribution in [0.4, 0.5) is 0 Å². The van der Waals surface area contributed by atoms with Gasteiger partial charge in [-0.25, -0.2) is 0 Å². The summed E-state index contributed by atoms with van der Waals surface area (Å²) < 4.78 is 0. The number of nitrogens with zero attached hydrogens (tertiary/aromatic N) is 1. The summed E-state index contributed by atoms with van der Waals surface area (Å²) in [5, 5.41) is 0.683. The van der Waals surface area contributed by atoms with Gasteiger partial charge in [0.1, 0.15) is 0 Å². The first kappa shape index (κ1) is 9.44. The van der Waals surface area contributed by atoms with E-state index in [-0.39, 0.29) is 0 Å². The highest BCUT2D eigenvalue weighted by atomic mass is 35.5. The van der Waals surface area contributed by atoms with Gasteiger partial charge in [0.25, 0.3) is 0 Å². The van der Waals surface area contributed by atoms with Gasteiger partial charge in [-0.05, 0) is 12.1 Å². The van der Waals surface area contributed by atoms with Crippen molar-refractivity contribution in [1.82, 2.24) is 4.98 Å². The van der Waals surface area contributed by atoms with E-state index in [1.807, 2.05) is 0 Å². The molecule has 0 saturated heterocycles. The van der Waals surface area contributed by atoms with Gasteiger partial charge >= 0.3 is 0 Å². The van der Waals surface area contributed by atoms with E-state index in [4.69, 9.17) is 11.6 Å². The minimum Gasteiger partial charge on any atom is -0.263 e. The van der Waals surface area contributed by atoms with Crippen LogP contribution in [0.2, 0.25) is 5.02 Å². The molecular formula is C8H12ClN. The zero-order valence-corrected chi connectivity index (χ0v) is 7.10. The Balaban J connectivity index is 0.000000236. The molecule has 0 radical (unpaired) electrons. The van der Waals surface area contributed by atoms with Crippen LogP contribution in [-0.2, 0) is 0 Å². The predicted molar refractivity (Wildman–Crippen MR) is 45.2 cm³/mol. The first-order chi connectivity index (χ1) is 4.81. The van der Waals surface area contributed by atoms with Gasteiger partial charge in [-0.2, -0.15) is 0 Å². The average Bonchev–Trinajstić information content (AvgIpc) is 1.91. The van der Waals surface area contributed by atoms with Crippen molar-refractivity contribution in [2.24, 2.45) is 0 Å². The van der Waals surface area contributed by atoms with Crippen LogP contribution in [0.25, 0.3) is 0 Å². The number of hydrogen-bond acceptors (Lipinski definition) is 1. The molecule has 0 fully saturated rings. The minimum absolute atomic E-state index is 0.683. The monoisotopic (exact) mass is 157 g/mol. The van der Waals surface area contributed by atoms with E-state index in [9.17, 15) is 0 Å². The van der Waals surface area contributed by atoms with Gasteiger partial charge in [0.15, 0.2) is 0 Å². The van der Waals surface area contributed by atoms with Crippen LogP contribution in [0.5, 0.6) is 0 Å². The number of aromatic nitrogens is 1. The molecule has 0 aromatic carbocycles. The zero-order chi connectivity index (χ0) is 7.82. The molecule has 2 heteroatoms. The van der Waals surface area contributed by atoms with Gasteiger partial charge in [-0.3, -0.25) is 4.98 Å². The van der Waals surface area contributed by atoms with Crippen molar-refractivity contribution in [1.29, 1.82) is 0 Å². The maximum absolute atomic E-state index is 5.48. The van der Waals surface area contributed by atoms with E-state index in [1.54, 1.807) is 24.5 Å². The topological polar surface area (TPSA) is 12.9 Å². The summed E-state index contributed by atoms with van der Waals surface area (Å²) in [4.78, 5) is 3.75. The molecule has 0 unspecified atom stereocenters. The Morgan fingerprint density at radius 1 is 1.50 bits per heavy atom. The fourth-order valence-electron chi connectivity index (χ4n) is 0.342. The van der Waals surface area contributed by atoms with E-state index in [0.717, 1.165) is 0 Å². The molecule has 0 amide bonds. The summed E-state index contributed by atoms with van der Waals surface area (Å²) in [6.07, 6.45) is 4.54. The van der Waals surface area contributed by atoms with Gasteiger partial charge in [0, 0.05) is 12.4 Å². The second-order valence-electron chi connectivity index (χ2n) is 1.88. The molecule has 0 aliphatic carbocycles. The first-order valence-corrected chi connectivity index (χ1v) is 3.74.